The van der Waals surface area contributed by atoms with E-state index < -0.39 is 0 Å². The van der Waals surface area contributed by atoms with E-state index in [2.05, 4.69) is 206 Å². The molecular formula is C70H115N13O2S. The summed E-state index contributed by atoms with van der Waals surface area (Å²) in [6.45, 7) is 45.2. The van der Waals surface area contributed by atoms with Crippen LogP contribution in [0.4, 0.5) is 0 Å². The Morgan fingerprint density at radius 1 is 0.593 bits per heavy atom. The third-order valence-electron chi connectivity index (χ3n) is 12.0. The van der Waals surface area contributed by atoms with Gasteiger partial charge in [-0.3, -0.25) is 24.6 Å². The highest BCUT2D eigenvalue weighted by Crippen LogP contribution is 2.52. The highest BCUT2D eigenvalue weighted by atomic mass is 32.1. The maximum absolute atomic E-state index is 4.71. The Hall–Kier alpha value is -6.68. The second-order valence-electron chi connectivity index (χ2n) is 24.0. The molecule has 7 aromatic heterocycles. The molecule has 7 heterocycles. The van der Waals surface area contributed by atoms with Gasteiger partial charge in [0.1, 0.15) is 25.9 Å². The lowest BCUT2D eigenvalue weighted by Gasteiger charge is -2.18. The summed E-state index contributed by atoms with van der Waals surface area (Å²) in [5, 5.41) is 13.4. The zero-order valence-corrected chi connectivity index (χ0v) is 57.4. The maximum atomic E-state index is 4.71. The minimum absolute atomic E-state index is 0. The molecule has 8 rings (SSSR count). The van der Waals surface area contributed by atoms with Crippen molar-refractivity contribution in [3.8, 4) is 0 Å². The number of hydrogen-bond donors (Lipinski definition) is 0. The van der Waals surface area contributed by atoms with Crippen LogP contribution in [0.2, 0.25) is 0 Å². The van der Waals surface area contributed by atoms with E-state index in [4.69, 9.17) is 4.84 Å². The molecular weight excluding hydrogens is 1090 g/mol. The largest absolute Gasteiger partial charge is 0.399 e. The molecule has 86 heavy (non-hydrogen) atoms. The van der Waals surface area contributed by atoms with Crippen LogP contribution < -0.4 is 0 Å². The molecule has 0 bridgehead atoms. The summed E-state index contributed by atoms with van der Waals surface area (Å²) < 4.78 is 1.93. The molecule has 0 atom stereocenters. The molecule has 16 heteroatoms. The standard InChI is InChI=1S/C11H15N.C9H13N.2C8H12N2.C8H14N2.C7H10N2.C7H11NS.C6H13NO.C5H11NO.CH4/c1-9(2)11(6-7-11)10-5-3-4-8-12-10;1-8(2)7-9-5-3-4-6-10-9;1-6(2)8-5-9-7(3)4-10-8;1-6(2)8-9-4-7(3)5-10-8;1-7(2)6-8-4-5-9-10(8)3;1-6(2)7-3-8-5-9-4-7;1-6(2)3-7-4-9-5-8-7;1-4-8-7-5-6(2)3;1-5(2)4-6-7-3;/h3-5,8-9H,6-7H2,1-2H3;3-6,8H,7H2,1-2H3;2*4-6H,1-3H3;4-5,7H,6H2,1-3H3;3-6H,1-2H3;4-6H,3H2,1-2H3;5-6H,4H2,1-3H3;4-5H,1-3H3;1H4. The molecule has 478 valence electrons. The normalized spacial score (nSPS) is 11.7. The van der Waals surface area contributed by atoms with Crippen LogP contribution >= 0.6 is 11.3 Å². The van der Waals surface area contributed by atoms with E-state index in [1.807, 2.05) is 120 Å². The van der Waals surface area contributed by atoms with Gasteiger partial charge in [-0.15, -0.1) is 11.3 Å². The first-order chi connectivity index (χ1) is 40.3. The average Bonchev–Trinajstić information content (AvgIpc) is 2.39. The smallest absolute Gasteiger partial charge is 0.130 e. The van der Waals surface area contributed by atoms with Crippen LogP contribution in [0.15, 0.2) is 126 Å². The monoisotopic (exact) mass is 1200 g/mol. The van der Waals surface area contributed by atoms with Gasteiger partial charge in [-0.1, -0.05) is 154 Å². The van der Waals surface area contributed by atoms with E-state index in [1.165, 1.54) is 41.2 Å². The van der Waals surface area contributed by atoms with Gasteiger partial charge in [0.15, 0.2) is 0 Å². The minimum atomic E-state index is 0. The van der Waals surface area contributed by atoms with Gasteiger partial charge in [0.2, 0.25) is 0 Å². The second-order valence-corrected chi connectivity index (χ2v) is 24.7. The van der Waals surface area contributed by atoms with Gasteiger partial charge >= 0.3 is 0 Å². The summed E-state index contributed by atoms with van der Waals surface area (Å²) >= 11 is 1.67. The van der Waals surface area contributed by atoms with E-state index in [0.717, 1.165) is 59.8 Å². The van der Waals surface area contributed by atoms with Gasteiger partial charge in [0, 0.05) is 109 Å². The molecule has 0 aliphatic heterocycles. The van der Waals surface area contributed by atoms with Crippen molar-refractivity contribution in [3.05, 3.63) is 167 Å². The zero-order chi connectivity index (χ0) is 64.2. The minimum Gasteiger partial charge on any atom is -0.399 e. The summed E-state index contributed by atoms with van der Waals surface area (Å²) in [4.78, 5) is 46.4. The lowest BCUT2D eigenvalue weighted by atomic mass is 9.89. The molecule has 0 aromatic carbocycles. The molecule has 0 spiro atoms. The molecule has 0 amide bonds. The first-order valence-electron chi connectivity index (χ1n) is 30.5. The highest BCUT2D eigenvalue weighted by Gasteiger charge is 2.47. The average molecular weight is 1200 g/mol. The third-order valence-corrected chi connectivity index (χ3v) is 12.7. The van der Waals surface area contributed by atoms with E-state index in [0.29, 0.717) is 47.5 Å². The first-order valence-corrected chi connectivity index (χ1v) is 31.4. The Labute approximate surface area is 526 Å². The number of hydrogen-bond acceptors (Lipinski definition) is 15. The van der Waals surface area contributed by atoms with Crippen molar-refractivity contribution in [1.29, 1.82) is 0 Å². The number of pyridine rings is 2. The van der Waals surface area contributed by atoms with Crippen molar-refractivity contribution in [2.75, 3.05) is 13.7 Å². The van der Waals surface area contributed by atoms with Crippen molar-refractivity contribution in [1.82, 2.24) is 54.6 Å². The third kappa shape index (κ3) is 41.4. The molecule has 7 aromatic rings. The Kier molecular flexibility index (Phi) is 45.8. The summed E-state index contributed by atoms with van der Waals surface area (Å²) in [5.41, 5.74) is 11.7. The zero-order valence-electron chi connectivity index (χ0n) is 56.6. The van der Waals surface area contributed by atoms with Crippen molar-refractivity contribution in [2.45, 2.75) is 208 Å². The maximum Gasteiger partial charge on any atom is 0.130 e. The van der Waals surface area contributed by atoms with Gasteiger partial charge in [-0.2, -0.15) is 5.10 Å². The Morgan fingerprint density at radius 3 is 1.53 bits per heavy atom. The molecule has 1 aliphatic carbocycles. The van der Waals surface area contributed by atoms with E-state index in [9.17, 15) is 0 Å². The fraction of sp³-hybridized carbons (Fsp3) is 0.571. The van der Waals surface area contributed by atoms with E-state index in [1.54, 1.807) is 43.4 Å². The van der Waals surface area contributed by atoms with Gasteiger partial charge in [0.25, 0.3) is 0 Å². The van der Waals surface area contributed by atoms with Crippen molar-refractivity contribution in [2.24, 2.45) is 52.9 Å². The van der Waals surface area contributed by atoms with Crippen LogP contribution in [-0.4, -0.2) is 80.8 Å². The number of oxime groups is 2. The molecule has 1 aliphatic rings. The van der Waals surface area contributed by atoms with E-state index in [-0.39, 0.29) is 7.43 Å². The molecule has 1 saturated carbocycles. The second kappa shape index (κ2) is 48.4. The predicted molar refractivity (Wildman–Crippen MR) is 365 cm³/mol. The SMILES string of the molecule is C.CC(C)C1(c2ccccn2)CC1.CC(C)Cc1ccccn1.CC(C)Cc1ccnn1C.CC(C)Cc1cscn1.CC(C)c1cncnc1.CCON=CC(C)C.CON=CC(C)C.Cc1cnc(C(C)C)cn1.Cc1cnc(C(C)C)nc1. The van der Waals surface area contributed by atoms with Crippen LogP contribution in [0, 0.1) is 49.4 Å². The predicted octanol–water partition coefficient (Wildman–Crippen LogP) is 18.0. The summed E-state index contributed by atoms with van der Waals surface area (Å²) in [7, 11) is 3.52. The van der Waals surface area contributed by atoms with Crippen LogP contribution in [0.25, 0.3) is 0 Å². The van der Waals surface area contributed by atoms with Crippen LogP contribution in [0.5, 0.6) is 0 Å². The Morgan fingerprint density at radius 2 is 1.16 bits per heavy atom. The van der Waals surface area contributed by atoms with Crippen molar-refractivity contribution in [3.63, 3.8) is 0 Å². The molecule has 15 nitrogen and oxygen atoms in total. The number of rotatable bonds is 16. The first kappa shape index (κ1) is 81.4. The lowest BCUT2D eigenvalue weighted by molar-refractivity contribution is 0.159. The number of aromatic nitrogens is 11. The highest BCUT2D eigenvalue weighted by molar-refractivity contribution is 7.07. The Balaban J connectivity index is 0. The van der Waals surface area contributed by atoms with Gasteiger partial charge in [0.05, 0.1) is 22.6 Å². The fourth-order valence-electron chi connectivity index (χ4n) is 7.07. The quantitative estimate of drug-likeness (QED) is 0.0662. The fourth-order valence-corrected chi connectivity index (χ4v) is 7.64. The van der Waals surface area contributed by atoms with E-state index >= 15 is 0 Å². The number of nitrogens with zero attached hydrogens (tertiary/aromatic N) is 13. The van der Waals surface area contributed by atoms with Crippen molar-refractivity contribution >= 4 is 23.8 Å². The lowest BCUT2D eigenvalue weighted by Crippen LogP contribution is -2.15. The van der Waals surface area contributed by atoms with Crippen molar-refractivity contribution < 1.29 is 9.68 Å². The van der Waals surface area contributed by atoms with Crippen LogP contribution in [0.1, 0.15) is 221 Å². The summed E-state index contributed by atoms with van der Waals surface area (Å²) in [6.07, 6.45) is 27.7. The van der Waals surface area contributed by atoms with Crippen LogP contribution in [-0.2, 0) is 41.4 Å². The topological polar surface area (TPSA) is 177 Å². The molecule has 0 radical (unpaired) electrons. The Bertz CT molecular complexity index is 2600. The van der Waals surface area contributed by atoms with Crippen LogP contribution in [0.3, 0.4) is 0 Å². The molecule has 0 saturated heterocycles. The molecule has 1 fully saturated rings. The molecule has 0 unspecified atom stereocenters. The molecule has 0 N–H and O–H groups in total. The number of aryl methyl sites for hydroxylation is 3. The summed E-state index contributed by atoms with van der Waals surface area (Å²) in [5.74, 6) is 6.22. The number of thiazole rings is 1. The van der Waals surface area contributed by atoms with Gasteiger partial charge in [-0.05, 0) is 142 Å². The van der Waals surface area contributed by atoms with Gasteiger partial charge < -0.3 is 9.68 Å². The summed E-state index contributed by atoms with van der Waals surface area (Å²) in [6, 6.07) is 14.4. The van der Waals surface area contributed by atoms with Gasteiger partial charge in [-0.25, -0.2) is 24.9 Å².